The molecule has 1 atom stereocenters. The first-order valence-electron chi connectivity index (χ1n) is 7.77. The number of benzene rings is 2. The molecule has 0 fully saturated rings. The number of carbonyl (C=O) groups excluding carboxylic acids is 1. The van der Waals surface area contributed by atoms with Crippen molar-refractivity contribution >= 4 is 5.91 Å². The van der Waals surface area contributed by atoms with E-state index in [0.717, 1.165) is 11.1 Å². The second kappa shape index (κ2) is 7.51. The number of methoxy groups -OCH3 is 1. The minimum absolute atomic E-state index is 0.0928. The Hall–Kier alpha value is -3.01. The number of hydrogen-bond acceptors (Lipinski definition) is 3. The first kappa shape index (κ1) is 15.9. The summed E-state index contributed by atoms with van der Waals surface area (Å²) in [7, 11) is 1.60. The molecule has 4 heteroatoms. The van der Waals surface area contributed by atoms with Crippen molar-refractivity contribution in [3.05, 3.63) is 89.9 Å². The molecule has 1 heterocycles. The lowest BCUT2D eigenvalue weighted by Crippen LogP contribution is -2.30. The van der Waals surface area contributed by atoms with Crippen LogP contribution in [0.4, 0.5) is 0 Å². The lowest BCUT2D eigenvalue weighted by molar-refractivity contribution is -0.121. The third kappa shape index (κ3) is 3.66. The molecule has 3 aromatic rings. The Kier molecular flexibility index (Phi) is 4.96. The average molecular weight is 321 g/mol. The molecule has 1 N–H and O–H groups in total. The highest BCUT2D eigenvalue weighted by atomic mass is 16.5. The van der Waals surface area contributed by atoms with Gasteiger partial charge in [-0.1, -0.05) is 48.5 Å². The summed E-state index contributed by atoms with van der Waals surface area (Å²) in [5.41, 5.74) is 1.82. The molecule has 4 nitrogen and oxygen atoms in total. The van der Waals surface area contributed by atoms with E-state index in [1.807, 2.05) is 66.7 Å². The van der Waals surface area contributed by atoms with Gasteiger partial charge in [-0.15, -0.1) is 0 Å². The van der Waals surface area contributed by atoms with E-state index in [9.17, 15) is 4.79 Å². The number of amides is 1. The van der Waals surface area contributed by atoms with Crippen molar-refractivity contribution in [2.24, 2.45) is 0 Å². The normalized spacial score (nSPS) is 11.7. The summed E-state index contributed by atoms with van der Waals surface area (Å²) in [6.45, 7) is 0. The Morgan fingerprint density at radius 1 is 1.04 bits per heavy atom. The summed E-state index contributed by atoms with van der Waals surface area (Å²) in [5, 5.41) is 3.05. The summed E-state index contributed by atoms with van der Waals surface area (Å²) in [6, 6.07) is 20.7. The predicted molar refractivity (Wildman–Crippen MR) is 91.8 cm³/mol. The van der Waals surface area contributed by atoms with Crippen molar-refractivity contribution in [2.75, 3.05) is 7.11 Å². The molecule has 0 saturated heterocycles. The van der Waals surface area contributed by atoms with Gasteiger partial charge in [0.05, 0.1) is 19.8 Å². The van der Waals surface area contributed by atoms with Crippen LogP contribution >= 0.6 is 0 Å². The SMILES string of the molecule is COc1ccccc1CC(=O)N[C@H](c1ccccc1)c1ccco1. The van der Waals surface area contributed by atoms with Crippen molar-refractivity contribution in [3.63, 3.8) is 0 Å². The van der Waals surface area contributed by atoms with Crippen LogP contribution in [0.5, 0.6) is 5.75 Å². The lowest BCUT2D eigenvalue weighted by Gasteiger charge is -2.17. The highest BCUT2D eigenvalue weighted by Crippen LogP contribution is 2.23. The fourth-order valence-corrected chi connectivity index (χ4v) is 2.65. The van der Waals surface area contributed by atoms with Gasteiger partial charge in [-0.25, -0.2) is 0 Å². The van der Waals surface area contributed by atoms with Crippen molar-refractivity contribution in [1.29, 1.82) is 0 Å². The molecule has 1 amide bonds. The third-order valence-electron chi connectivity index (χ3n) is 3.81. The van der Waals surface area contributed by atoms with Crippen LogP contribution in [0.1, 0.15) is 22.9 Å². The molecule has 2 aromatic carbocycles. The predicted octanol–water partition coefficient (Wildman–Crippen LogP) is 3.74. The van der Waals surface area contributed by atoms with Crippen LogP contribution in [-0.2, 0) is 11.2 Å². The number of carbonyl (C=O) groups is 1. The summed E-state index contributed by atoms with van der Waals surface area (Å²) in [5.74, 6) is 1.32. The van der Waals surface area contributed by atoms with Gasteiger partial charge in [0.15, 0.2) is 0 Å². The van der Waals surface area contributed by atoms with E-state index in [4.69, 9.17) is 9.15 Å². The number of nitrogens with one attached hydrogen (secondary N) is 1. The van der Waals surface area contributed by atoms with Gasteiger partial charge in [0.1, 0.15) is 17.6 Å². The molecule has 0 unspecified atom stereocenters. The Balaban J connectivity index is 1.79. The summed E-state index contributed by atoms with van der Waals surface area (Å²) in [4.78, 5) is 12.6. The maximum Gasteiger partial charge on any atom is 0.225 e. The molecule has 24 heavy (non-hydrogen) atoms. The summed E-state index contributed by atoms with van der Waals surface area (Å²) in [6.07, 6.45) is 1.85. The van der Waals surface area contributed by atoms with E-state index < -0.39 is 0 Å². The van der Waals surface area contributed by atoms with Gasteiger partial charge in [-0.2, -0.15) is 0 Å². The molecule has 122 valence electrons. The molecule has 0 aliphatic carbocycles. The van der Waals surface area contributed by atoms with Crippen LogP contribution in [0.2, 0.25) is 0 Å². The third-order valence-corrected chi connectivity index (χ3v) is 3.81. The smallest absolute Gasteiger partial charge is 0.225 e. The second-order valence-corrected chi connectivity index (χ2v) is 5.42. The van der Waals surface area contributed by atoms with E-state index >= 15 is 0 Å². The van der Waals surface area contributed by atoms with Crippen molar-refractivity contribution < 1.29 is 13.9 Å². The second-order valence-electron chi connectivity index (χ2n) is 5.42. The zero-order valence-corrected chi connectivity index (χ0v) is 13.4. The number of rotatable bonds is 6. The zero-order chi connectivity index (χ0) is 16.8. The van der Waals surface area contributed by atoms with E-state index in [0.29, 0.717) is 11.5 Å². The highest BCUT2D eigenvalue weighted by Gasteiger charge is 2.20. The van der Waals surface area contributed by atoms with Gasteiger partial charge >= 0.3 is 0 Å². The van der Waals surface area contributed by atoms with Crippen LogP contribution < -0.4 is 10.1 Å². The molecule has 0 spiro atoms. The van der Waals surface area contributed by atoms with Crippen molar-refractivity contribution in [3.8, 4) is 5.75 Å². The number of para-hydroxylation sites is 1. The largest absolute Gasteiger partial charge is 0.496 e. The Morgan fingerprint density at radius 2 is 1.79 bits per heavy atom. The van der Waals surface area contributed by atoms with E-state index in [1.54, 1.807) is 13.4 Å². The fraction of sp³-hybridized carbons (Fsp3) is 0.150. The topological polar surface area (TPSA) is 51.5 Å². The van der Waals surface area contributed by atoms with Crippen molar-refractivity contribution in [2.45, 2.75) is 12.5 Å². The molecule has 3 rings (SSSR count). The molecule has 0 radical (unpaired) electrons. The van der Waals surface area contributed by atoms with E-state index in [-0.39, 0.29) is 18.4 Å². The minimum Gasteiger partial charge on any atom is -0.496 e. The standard InChI is InChI=1S/C20H19NO3/c1-23-17-11-6-5-10-16(17)14-19(22)21-20(18-12-7-13-24-18)15-8-3-2-4-9-15/h2-13,20H,14H2,1H3,(H,21,22)/t20-/m1/s1. The van der Waals surface area contributed by atoms with Crippen LogP contribution in [0, 0.1) is 0 Å². The van der Waals surface area contributed by atoms with Gasteiger partial charge in [0.2, 0.25) is 5.91 Å². The van der Waals surface area contributed by atoms with Gasteiger partial charge in [0, 0.05) is 5.56 Å². The lowest BCUT2D eigenvalue weighted by atomic mass is 10.0. The van der Waals surface area contributed by atoms with Crippen molar-refractivity contribution in [1.82, 2.24) is 5.32 Å². The van der Waals surface area contributed by atoms with Crippen LogP contribution in [0.15, 0.2) is 77.4 Å². The molecule has 0 aliphatic rings. The maximum atomic E-state index is 12.6. The number of hydrogen-bond donors (Lipinski definition) is 1. The van der Waals surface area contributed by atoms with Crippen LogP contribution in [0.25, 0.3) is 0 Å². The van der Waals surface area contributed by atoms with Gasteiger partial charge in [0.25, 0.3) is 0 Å². The summed E-state index contributed by atoms with van der Waals surface area (Å²) >= 11 is 0. The van der Waals surface area contributed by atoms with Gasteiger partial charge < -0.3 is 14.5 Å². The maximum absolute atomic E-state index is 12.6. The molecule has 1 aromatic heterocycles. The van der Waals surface area contributed by atoms with Gasteiger partial charge in [-0.3, -0.25) is 4.79 Å². The van der Waals surface area contributed by atoms with Gasteiger partial charge in [-0.05, 0) is 23.8 Å². The first-order chi connectivity index (χ1) is 11.8. The fourth-order valence-electron chi connectivity index (χ4n) is 2.65. The molecule has 0 saturated carbocycles. The Bertz CT molecular complexity index is 782. The van der Waals surface area contributed by atoms with Crippen LogP contribution in [-0.4, -0.2) is 13.0 Å². The van der Waals surface area contributed by atoms with E-state index in [2.05, 4.69) is 5.32 Å². The monoisotopic (exact) mass is 321 g/mol. The Morgan fingerprint density at radius 3 is 2.50 bits per heavy atom. The number of ether oxygens (including phenoxy) is 1. The average Bonchev–Trinajstić information content (AvgIpc) is 3.15. The zero-order valence-electron chi connectivity index (χ0n) is 13.4. The Labute approximate surface area is 141 Å². The molecular weight excluding hydrogens is 302 g/mol. The number of furan rings is 1. The van der Waals surface area contributed by atoms with Crippen LogP contribution in [0.3, 0.4) is 0 Å². The summed E-state index contributed by atoms with van der Waals surface area (Å²) < 4.78 is 10.8. The quantitative estimate of drug-likeness (QED) is 0.752. The van der Waals surface area contributed by atoms with E-state index in [1.165, 1.54) is 0 Å². The first-order valence-corrected chi connectivity index (χ1v) is 7.77. The highest BCUT2D eigenvalue weighted by molar-refractivity contribution is 5.80. The molecule has 0 aliphatic heterocycles. The minimum atomic E-state index is -0.316. The molecular formula is C20H19NO3. The molecule has 0 bridgehead atoms.